The lowest BCUT2D eigenvalue weighted by atomic mass is 10.2. The summed E-state index contributed by atoms with van der Waals surface area (Å²) in [6.45, 7) is 6.95. The highest BCUT2D eigenvalue weighted by Crippen LogP contribution is 2.30. The van der Waals surface area contributed by atoms with Crippen LogP contribution in [0.1, 0.15) is 23.8 Å². The van der Waals surface area contributed by atoms with Crippen molar-refractivity contribution in [2.24, 2.45) is 0 Å². The number of nitrogens with zero attached hydrogens (tertiary/aromatic N) is 4. The summed E-state index contributed by atoms with van der Waals surface area (Å²) in [4.78, 5) is 25.8. The van der Waals surface area contributed by atoms with Crippen LogP contribution in [0.3, 0.4) is 0 Å². The van der Waals surface area contributed by atoms with E-state index >= 15 is 0 Å². The number of H-pyrrole nitrogens is 1. The Bertz CT molecular complexity index is 1170. The first-order chi connectivity index (χ1) is 16.1. The Kier molecular flexibility index (Phi) is 7.20. The number of methoxy groups -OCH3 is 1. The van der Waals surface area contributed by atoms with E-state index < -0.39 is 5.97 Å². The number of imidazole rings is 1. The molecule has 3 heterocycles. The molecule has 0 unspecified atom stereocenters. The van der Waals surface area contributed by atoms with Crippen molar-refractivity contribution >= 4 is 16.9 Å². The van der Waals surface area contributed by atoms with Gasteiger partial charge in [0.15, 0.2) is 11.5 Å². The van der Waals surface area contributed by atoms with E-state index in [4.69, 9.17) is 24.4 Å². The zero-order valence-corrected chi connectivity index (χ0v) is 18.8. The van der Waals surface area contributed by atoms with Crippen LogP contribution < -0.4 is 15.0 Å². The highest BCUT2D eigenvalue weighted by Gasteiger charge is 2.15. The zero-order valence-electron chi connectivity index (χ0n) is 18.8. The lowest BCUT2D eigenvalue weighted by Gasteiger charge is -2.26. The second-order valence-corrected chi connectivity index (χ2v) is 7.48. The van der Waals surface area contributed by atoms with Gasteiger partial charge in [-0.3, -0.25) is 14.9 Å². The van der Waals surface area contributed by atoms with Gasteiger partial charge in [0, 0.05) is 31.1 Å². The largest absolute Gasteiger partial charge is 0.493 e. The van der Waals surface area contributed by atoms with Gasteiger partial charge < -0.3 is 23.9 Å². The molecule has 1 fully saturated rings. The number of benzene rings is 1. The van der Waals surface area contributed by atoms with Crippen LogP contribution in [0.15, 0.2) is 24.7 Å². The van der Waals surface area contributed by atoms with Crippen molar-refractivity contribution in [3.63, 3.8) is 0 Å². The molecule has 1 aliphatic heterocycles. The average Bonchev–Trinajstić information content (AvgIpc) is 3.33. The molecule has 11 heteroatoms. The average molecular weight is 457 g/mol. The standard InChI is InChI=1S/C22H28N6O5/c1-3-32-21(29)17-13-24-22(26-17)28-14-25-16-12-19(18(30-2)11-15(16)20(28)23)33-8-4-5-27-6-9-31-10-7-27/h11-14,23H,3-10H2,1-2H3,(H,24,26). The smallest absolute Gasteiger partial charge is 0.356 e. The minimum absolute atomic E-state index is 0.141. The van der Waals surface area contributed by atoms with E-state index in [0.29, 0.717) is 35.0 Å². The molecule has 11 nitrogen and oxygen atoms in total. The summed E-state index contributed by atoms with van der Waals surface area (Å²) in [7, 11) is 1.56. The van der Waals surface area contributed by atoms with Gasteiger partial charge in [0.2, 0.25) is 5.95 Å². The number of aromatic amines is 1. The van der Waals surface area contributed by atoms with E-state index in [0.717, 1.165) is 39.3 Å². The molecule has 2 N–H and O–H groups in total. The maximum atomic E-state index is 11.9. The third-order valence-corrected chi connectivity index (χ3v) is 5.36. The molecule has 0 spiro atoms. The van der Waals surface area contributed by atoms with E-state index in [1.165, 1.54) is 17.1 Å². The van der Waals surface area contributed by atoms with Crippen molar-refractivity contribution in [2.75, 3.05) is 53.2 Å². The lowest BCUT2D eigenvalue weighted by molar-refractivity contribution is 0.0357. The van der Waals surface area contributed by atoms with Gasteiger partial charge in [-0.05, 0) is 19.4 Å². The summed E-state index contributed by atoms with van der Waals surface area (Å²) in [5.41, 5.74) is 0.941. The quantitative estimate of drug-likeness (QED) is 0.366. The topological polar surface area (TPSA) is 128 Å². The van der Waals surface area contributed by atoms with Crippen LogP contribution in [0.25, 0.3) is 16.9 Å². The minimum atomic E-state index is -0.505. The number of rotatable bonds is 9. The van der Waals surface area contributed by atoms with Gasteiger partial charge in [0.1, 0.15) is 17.5 Å². The Balaban J connectivity index is 1.51. The molecule has 0 amide bonds. The predicted molar refractivity (Wildman–Crippen MR) is 119 cm³/mol. The molecule has 33 heavy (non-hydrogen) atoms. The molecule has 1 aromatic carbocycles. The van der Waals surface area contributed by atoms with Crippen LogP contribution in [-0.4, -0.2) is 83.6 Å². The Hall–Kier alpha value is -3.44. The van der Waals surface area contributed by atoms with Gasteiger partial charge in [0.05, 0.1) is 45.3 Å². The third-order valence-electron chi connectivity index (χ3n) is 5.36. The van der Waals surface area contributed by atoms with E-state index in [2.05, 4.69) is 19.9 Å². The summed E-state index contributed by atoms with van der Waals surface area (Å²) in [6, 6.07) is 3.51. The Morgan fingerprint density at radius 1 is 1.24 bits per heavy atom. The van der Waals surface area contributed by atoms with Crippen LogP contribution in [0.2, 0.25) is 0 Å². The van der Waals surface area contributed by atoms with Gasteiger partial charge in [0.25, 0.3) is 0 Å². The summed E-state index contributed by atoms with van der Waals surface area (Å²) in [5, 5.41) is 9.19. The molecule has 4 rings (SSSR count). The molecule has 0 bridgehead atoms. The van der Waals surface area contributed by atoms with Crippen molar-refractivity contribution in [2.45, 2.75) is 13.3 Å². The van der Waals surface area contributed by atoms with Gasteiger partial charge in [-0.15, -0.1) is 0 Å². The Morgan fingerprint density at radius 3 is 2.82 bits per heavy atom. The van der Waals surface area contributed by atoms with E-state index in [-0.39, 0.29) is 17.8 Å². The molecule has 0 saturated carbocycles. The first-order valence-corrected chi connectivity index (χ1v) is 10.9. The summed E-state index contributed by atoms with van der Waals surface area (Å²) >= 11 is 0. The van der Waals surface area contributed by atoms with Crippen molar-refractivity contribution < 1.29 is 23.7 Å². The number of hydrogen-bond acceptors (Lipinski definition) is 9. The van der Waals surface area contributed by atoms with E-state index in [1.54, 1.807) is 26.2 Å². The van der Waals surface area contributed by atoms with Gasteiger partial charge in [-0.25, -0.2) is 14.8 Å². The normalized spacial score (nSPS) is 14.4. The fourth-order valence-electron chi connectivity index (χ4n) is 3.63. The van der Waals surface area contributed by atoms with E-state index in [9.17, 15) is 4.79 Å². The van der Waals surface area contributed by atoms with Crippen LogP contribution in [0.5, 0.6) is 11.5 Å². The molecule has 0 atom stereocenters. The van der Waals surface area contributed by atoms with Crippen LogP contribution in [-0.2, 0) is 9.47 Å². The number of nitrogens with one attached hydrogen (secondary N) is 2. The second-order valence-electron chi connectivity index (χ2n) is 7.48. The summed E-state index contributed by atoms with van der Waals surface area (Å²) in [5.74, 6) is 0.891. The van der Waals surface area contributed by atoms with Gasteiger partial charge in [-0.2, -0.15) is 0 Å². The van der Waals surface area contributed by atoms with Crippen molar-refractivity contribution in [3.8, 4) is 17.4 Å². The lowest BCUT2D eigenvalue weighted by Crippen LogP contribution is -2.37. The first-order valence-electron chi connectivity index (χ1n) is 10.9. The summed E-state index contributed by atoms with van der Waals surface area (Å²) in [6.07, 6.45) is 3.74. The predicted octanol–water partition coefficient (Wildman–Crippen LogP) is 1.51. The number of fused-ring (bicyclic) bond motifs is 1. The first kappa shape index (κ1) is 22.7. The van der Waals surface area contributed by atoms with Crippen LogP contribution in [0, 0.1) is 5.41 Å². The molecule has 1 saturated heterocycles. The number of morpholine rings is 1. The minimum Gasteiger partial charge on any atom is -0.493 e. The van der Waals surface area contributed by atoms with Gasteiger partial charge >= 0.3 is 5.97 Å². The fourth-order valence-corrected chi connectivity index (χ4v) is 3.63. The molecule has 3 aromatic rings. The number of carbonyl (C=O) groups is 1. The molecular formula is C22H28N6O5. The molecule has 0 aliphatic carbocycles. The molecular weight excluding hydrogens is 428 g/mol. The maximum Gasteiger partial charge on any atom is 0.356 e. The SMILES string of the molecule is CCOC(=O)c1cnc(-n2cnc3cc(OCCCN4CCOCC4)c(OC)cc3c2=N)[nH]1. The number of ether oxygens (including phenoxy) is 4. The number of carbonyl (C=O) groups excluding carboxylic acids is 1. The maximum absolute atomic E-state index is 11.9. The number of hydrogen-bond donors (Lipinski definition) is 2. The van der Waals surface area contributed by atoms with Crippen molar-refractivity contribution in [1.29, 1.82) is 5.41 Å². The third kappa shape index (κ3) is 5.15. The Morgan fingerprint density at radius 2 is 2.06 bits per heavy atom. The molecule has 2 aromatic heterocycles. The summed E-state index contributed by atoms with van der Waals surface area (Å²) < 4.78 is 23.3. The number of esters is 1. The Labute approximate surface area is 190 Å². The highest BCUT2D eigenvalue weighted by molar-refractivity contribution is 5.87. The second kappa shape index (κ2) is 10.5. The monoisotopic (exact) mass is 456 g/mol. The van der Waals surface area contributed by atoms with Gasteiger partial charge in [-0.1, -0.05) is 0 Å². The van der Waals surface area contributed by atoms with Crippen LogP contribution in [0.4, 0.5) is 0 Å². The fraction of sp³-hybridized carbons (Fsp3) is 0.455. The zero-order chi connectivity index (χ0) is 23.2. The van der Waals surface area contributed by atoms with E-state index in [1.807, 2.05) is 0 Å². The van der Waals surface area contributed by atoms with Crippen molar-refractivity contribution in [3.05, 3.63) is 35.8 Å². The highest BCUT2D eigenvalue weighted by atomic mass is 16.5. The molecule has 0 radical (unpaired) electrons. The number of aromatic nitrogens is 4. The molecule has 176 valence electrons. The van der Waals surface area contributed by atoms with Crippen LogP contribution >= 0.6 is 0 Å². The van der Waals surface area contributed by atoms with Crippen molar-refractivity contribution in [1.82, 2.24) is 24.4 Å². The molecule has 1 aliphatic rings.